The number of morpholine rings is 1. The zero-order valence-electron chi connectivity index (χ0n) is 18.0. The third-order valence-electron chi connectivity index (χ3n) is 6.02. The van der Waals surface area contributed by atoms with E-state index in [1.54, 1.807) is 29.2 Å². The minimum atomic E-state index is -0.727. The van der Waals surface area contributed by atoms with E-state index in [9.17, 15) is 14.7 Å². The predicted molar refractivity (Wildman–Crippen MR) is 115 cm³/mol. The van der Waals surface area contributed by atoms with Crippen molar-refractivity contribution in [3.63, 3.8) is 0 Å². The van der Waals surface area contributed by atoms with Crippen LogP contribution in [0.3, 0.4) is 0 Å². The molecule has 2 aliphatic heterocycles. The Morgan fingerprint density at radius 1 is 1.10 bits per heavy atom. The molecule has 0 saturated carbocycles. The molecule has 164 valence electrons. The highest BCUT2D eigenvalue weighted by Gasteiger charge is 2.47. The molecule has 1 atom stereocenters. The Morgan fingerprint density at radius 3 is 2.45 bits per heavy atom. The summed E-state index contributed by atoms with van der Waals surface area (Å²) in [6, 6.07) is 10.1. The fourth-order valence-electron chi connectivity index (χ4n) is 4.28. The van der Waals surface area contributed by atoms with Gasteiger partial charge in [-0.25, -0.2) is 0 Å². The summed E-state index contributed by atoms with van der Waals surface area (Å²) in [6.45, 7) is 8.49. The second kappa shape index (κ2) is 9.08. The van der Waals surface area contributed by atoms with E-state index in [1.165, 1.54) is 4.90 Å². The number of quaternary nitrogens is 1. The van der Waals surface area contributed by atoms with E-state index in [-0.39, 0.29) is 11.3 Å². The van der Waals surface area contributed by atoms with Crippen LogP contribution in [0.5, 0.6) is 0 Å². The first-order valence-corrected chi connectivity index (χ1v) is 10.8. The van der Waals surface area contributed by atoms with Crippen molar-refractivity contribution >= 4 is 17.4 Å². The lowest BCUT2D eigenvalue weighted by Gasteiger charge is -2.26. The maximum absolute atomic E-state index is 13.0. The molecule has 7 heteroatoms. The maximum atomic E-state index is 13.0. The van der Waals surface area contributed by atoms with E-state index >= 15 is 0 Å². The maximum Gasteiger partial charge on any atom is 0.295 e. The number of carbonyl (C=O) groups excluding carboxylic acids is 2. The Balaban J connectivity index is 1.64. The number of nitrogens with one attached hydrogen (secondary N) is 1. The number of Topliss-reactive ketones (excluding diaryl/α,β-unsaturated/α-hetero) is 1. The first kappa shape index (κ1) is 21.3. The Bertz CT molecular complexity index is 986. The molecule has 2 saturated heterocycles. The smallest absolute Gasteiger partial charge is 0.295 e. The molecular formula is C24H29N2O5+. The molecule has 3 heterocycles. The van der Waals surface area contributed by atoms with E-state index in [4.69, 9.17) is 9.15 Å². The van der Waals surface area contributed by atoms with Gasteiger partial charge in [0.05, 0.1) is 25.3 Å². The number of aryl methyl sites for hydroxylation is 2. The number of ketones is 1. The predicted octanol–water partition coefficient (Wildman–Crippen LogP) is 1.62. The summed E-state index contributed by atoms with van der Waals surface area (Å²) in [7, 11) is 0. The van der Waals surface area contributed by atoms with Crippen LogP contribution < -0.4 is 4.90 Å². The normalized spacial score (nSPS) is 21.7. The molecule has 0 radical (unpaired) electrons. The highest BCUT2D eigenvalue weighted by molar-refractivity contribution is 6.46. The number of likely N-dealkylation sites (tertiary alicyclic amines) is 1. The van der Waals surface area contributed by atoms with Crippen molar-refractivity contribution in [2.75, 3.05) is 39.4 Å². The fraction of sp³-hybridized carbons (Fsp3) is 0.417. The van der Waals surface area contributed by atoms with Crippen molar-refractivity contribution in [1.82, 2.24) is 4.90 Å². The van der Waals surface area contributed by atoms with Gasteiger partial charge in [0.25, 0.3) is 11.7 Å². The highest BCUT2D eigenvalue weighted by atomic mass is 16.5. The number of hydrogen-bond acceptors (Lipinski definition) is 5. The summed E-state index contributed by atoms with van der Waals surface area (Å²) in [5.41, 5.74) is 1.64. The topological polar surface area (TPSA) is 84.4 Å². The summed E-state index contributed by atoms with van der Waals surface area (Å²) in [4.78, 5) is 28.9. The monoisotopic (exact) mass is 425 g/mol. The number of rotatable bonds is 6. The second-order valence-electron chi connectivity index (χ2n) is 8.27. The molecule has 1 aromatic carbocycles. The second-order valence-corrected chi connectivity index (χ2v) is 8.27. The zero-order valence-corrected chi connectivity index (χ0v) is 18.0. The van der Waals surface area contributed by atoms with Crippen molar-refractivity contribution < 1.29 is 28.7 Å². The van der Waals surface area contributed by atoms with Gasteiger partial charge in [0.1, 0.15) is 36.4 Å². The first-order chi connectivity index (χ1) is 15.0. The molecule has 0 aliphatic carbocycles. The van der Waals surface area contributed by atoms with Crippen molar-refractivity contribution in [1.29, 1.82) is 0 Å². The number of benzene rings is 1. The molecule has 2 aromatic rings. The number of nitrogens with zero attached hydrogens (tertiary/aromatic N) is 1. The standard InChI is InChI=1S/C24H28N2O5/c1-16-4-7-18(8-5-16)22(27)20-21(19-9-6-17(2)31-19)26(24(29)23(20)28)11-3-10-25-12-14-30-15-13-25/h4-9,21,27H,3,10-15H2,1-2H3/p+1/t21-/m1/s1. The highest BCUT2D eigenvalue weighted by Crippen LogP contribution is 2.40. The molecule has 1 aromatic heterocycles. The fourth-order valence-corrected chi connectivity index (χ4v) is 4.28. The van der Waals surface area contributed by atoms with E-state index in [1.807, 2.05) is 26.0 Å². The third kappa shape index (κ3) is 4.43. The van der Waals surface area contributed by atoms with Crippen LogP contribution in [-0.2, 0) is 14.3 Å². The summed E-state index contributed by atoms with van der Waals surface area (Å²) >= 11 is 0. The van der Waals surface area contributed by atoms with Gasteiger partial charge in [0, 0.05) is 18.5 Å². The average Bonchev–Trinajstić information content (AvgIpc) is 3.30. The summed E-state index contributed by atoms with van der Waals surface area (Å²) < 4.78 is 11.2. The lowest BCUT2D eigenvalue weighted by Crippen LogP contribution is -3.14. The zero-order chi connectivity index (χ0) is 22.0. The number of carbonyl (C=O) groups is 2. The Morgan fingerprint density at radius 2 is 1.81 bits per heavy atom. The van der Waals surface area contributed by atoms with Crippen LogP contribution in [0.1, 0.15) is 35.1 Å². The molecule has 31 heavy (non-hydrogen) atoms. The number of ether oxygens (including phenoxy) is 1. The Kier molecular flexibility index (Phi) is 6.25. The van der Waals surface area contributed by atoms with Gasteiger partial charge in [0.15, 0.2) is 0 Å². The van der Waals surface area contributed by atoms with Crippen LogP contribution in [0.25, 0.3) is 5.76 Å². The number of amides is 1. The van der Waals surface area contributed by atoms with Gasteiger partial charge in [-0.3, -0.25) is 9.59 Å². The van der Waals surface area contributed by atoms with Crippen LogP contribution in [0.4, 0.5) is 0 Å². The minimum absolute atomic E-state index is 0.0851. The average molecular weight is 426 g/mol. The molecule has 4 rings (SSSR count). The number of aliphatic hydroxyl groups is 1. The largest absolute Gasteiger partial charge is 0.507 e. The Labute approximate surface area is 181 Å². The van der Waals surface area contributed by atoms with Gasteiger partial charge in [-0.05, 0) is 26.0 Å². The van der Waals surface area contributed by atoms with Crippen LogP contribution >= 0.6 is 0 Å². The van der Waals surface area contributed by atoms with Crippen molar-refractivity contribution in [3.8, 4) is 0 Å². The minimum Gasteiger partial charge on any atom is -0.507 e. The van der Waals surface area contributed by atoms with Crippen LogP contribution in [0.15, 0.2) is 46.4 Å². The van der Waals surface area contributed by atoms with E-state index in [0.29, 0.717) is 23.6 Å². The van der Waals surface area contributed by atoms with Crippen molar-refractivity contribution in [2.45, 2.75) is 26.3 Å². The van der Waals surface area contributed by atoms with Crippen molar-refractivity contribution in [2.24, 2.45) is 0 Å². The molecule has 7 nitrogen and oxygen atoms in total. The van der Waals surface area contributed by atoms with Crippen molar-refractivity contribution in [3.05, 3.63) is 64.6 Å². The molecule has 0 unspecified atom stereocenters. The quantitative estimate of drug-likeness (QED) is 0.418. The van der Waals surface area contributed by atoms with Gasteiger partial charge >= 0.3 is 0 Å². The third-order valence-corrected chi connectivity index (χ3v) is 6.02. The molecule has 2 fully saturated rings. The van der Waals surface area contributed by atoms with Gasteiger partial charge in [-0.1, -0.05) is 29.8 Å². The SMILES string of the molecule is Cc1ccc(C(O)=C2C(=O)C(=O)N(CCC[NH+]3CCOCC3)[C@@H]2c2ccc(C)o2)cc1. The van der Waals surface area contributed by atoms with E-state index < -0.39 is 17.7 Å². The lowest BCUT2D eigenvalue weighted by molar-refractivity contribution is -0.908. The molecule has 0 bridgehead atoms. The number of hydrogen-bond donors (Lipinski definition) is 2. The van der Waals surface area contributed by atoms with Gasteiger partial charge in [-0.15, -0.1) is 0 Å². The summed E-state index contributed by atoms with van der Waals surface area (Å²) in [6.07, 6.45) is 0.753. The molecule has 2 N–H and O–H groups in total. The van der Waals surface area contributed by atoms with Crippen LogP contribution in [-0.4, -0.2) is 61.1 Å². The van der Waals surface area contributed by atoms with Crippen LogP contribution in [0.2, 0.25) is 0 Å². The number of furan rings is 1. The molecular weight excluding hydrogens is 396 g/mol. The first-order valence-electron chi connectivity index (χ1n) is 10.8. The van der Waals surface area contributed by atoms with Gasteiger partial charge in [0.2, 0.25) is 0 Å². The van der Waals surface area contributed by atoms with Gasteiger partial charge < -0.3 is 24.1 Å². The van der Waals surface area contributed by atoms with Gasteiger partial charge in [-0.2, -0.15) is 0 Å². The van der Waals surface area contributed by atoms with E-state index in [2.05, 4.69) is 0 Å². The summed E-state index contributed by atoms with van der Waals surface area (Å²) in [5, 5.41) is 11.0. The molecule has 0 spiro atoms. The summed E-state index contributed by atoms with van der Waals surface area (Å²) in [5.74, 6) is -0.253. The van der Waals surface area contributed by atoms with E-state index in [0.717, 1.165) is 44.8 Å². The lowest BCUT2D eigenvalue weighted by atomic mass is 9.99. The number of aliphatic hydroxyl groups excluding tert-OH is 1. The molecule has 2 aliphatic rings. The Hall–Kier alpha value is -2.90. The van der Waals surface area contributed by atoms with Crippen LogP contribution in [0, 0.1) is 13.8 Å². The molecule has 1 amide bonds.